The fraction of sp³-hybridized carbons (Fsp3) is 0.250. The Hall–Kier alpha value is -1.42. The maximum atomic E-state index is 6.36. The molecule has 0 radical (unpaired) electrons. The van der Waals surface area contributed by atoms with Gasteiger partial charge < -0.3 is 15.2 Å². The van der Waals surface area contributed by atoms with Crippen molar-refractivity contribution in [2.75, 3.05) is 14.2 Å². The van der Waals surface area contributed by atoms with Gasteiger partial charge in [0.15, 0.2) is 11.5 Å². The summed E-state index contributed by atoms with van der Waals surface area (Å²) in [7, 11) is 3.20. The Balaban J connectivity index is 2.49. The standard InChI is InChI=1S/C16H17Cl2NO2/c1-9-4-14(20-2)15(21-3)8-13(9)16(19)10-5-11(17)7-12(18)6-10/h4-8,16H,19H2,1-3H3. The zero-order valence-electron chi connectivity index (χ0n) is 12.1. The van der Waals surface area contributed by atoms with E-state index in [1.165, 1.54) is 0 Å². The SMILES string of the molecule is COc1cc(C)c(C(N)c2cc(Cl)cc(Cl)c2)cc1OC. The van der Waals surface area contributed by atoms with Crippen molar-refractivity contribution < 1.29 is 9.47 Å². The number of nitrogens with two attached hydrogens (primary N) is 1. The van der Waals surface area contributed by atoms with Crippen molar-refractivity contribution in [3.8, 4) is 11.5 Å². The lowest BCUT2D eigenvalue weighted by atomic mass is 9.95. The molecule has 5 heteroatoms. The van der Waals surface area contributed by atoms with Crippen LogP contribution in [0.25, 0.3) is 0 Å². The maximum Gasteiger partial charge on any atom is 0.161 e. The van der Waals surface area contributed by atoms with Crippen LogP contribution in [0.1, 0.15) is 22.7 Å². The summed E-state index contributed by atoms with van der Waals surface area (Å²) < 4.78 is 10.6. The molecule has 2 aromatic carbocycles. The van der Waals surface area contributed by atoms with E-state index in [0.29, 0.717) is 21.5 Å². The van der Waals surface area contributed by atoms with E-state index < -0.39 is 0 Å². The van der Waals surface area contributed by atoms with Crippen LogP contribution in [0.2, 0.25) is 10.0 Å². The van der Waals surface area contributed by atoms with Crippen LogP contribution in [-0.4, -0.2) is 14.2 Å². The normalized spacial score (nSPS) is 12.1. The van der Waals surface area contributed by atoms with E-state index in [-0.39, 0.29) is 6.04 Å². The number of aryl methyl sites for hydroxylation is 1. The predicted octanol–water partition coefficient (Wildman–Crippen LogP) is 4.37. The van der Waals surface area contributed by atoms with Gasteiger partial charge in [0.25, 0.3) is 0 Å². The number of hydrogen-bond acceptors (Lipinski definition) is 3. The number of benzene rings is 2. The third-order valence-electron chi connectivity index (χ3n) is 3.35. The maximum absolute atomic E-state index is 6.36. The van der Waals surface area contributed by atoms with Gasteiger partial charge in [-0.15, -0.1) is 0 Å². The highest BCUT2D eigenvalue weighted by Gasteiger charge is 2.16. The highest BCUT2D eigenvalue weighted by molar-refractivity contribution is 6.34. The molecule has 112 valence electrons. The first-order valence-electron chi connectivity index (χ1n) is 6.40. The number of ether oxygens (including phenoxy) is 2. The van der Waals surface area contributed by atoms with Crippen LogP contribution in [0.4, 0.5) is 0 Å². The topological polar surface area (TPSA) is 44.5 Å². The molecule has 1 atom stereocenters. The van der Waals surface area contributed by atoms with Crippen molar-refractivity contribution in [2.24, 2.45) is 5.73 Å². The molecule has 0 heterocycles. The van der Waals surface area contributed by atoms with E-state index in [4.69, 9.17) is 38.4 Å². The Labute approximate surface area is 134 Å². The van der Waals surface area contributed by atoms with E-state index in [1.54, 1.807) is 20.3 Å². The molecular formula is C16H17Cl2NO2. The predicted molar refractivity (Wildman–Crippen MR) is 86.8 cm³/mol. The molecule has 0 spiro atoms. The second-order valence-corrected chi connectivity index (χ2v) is 5.62. The highest BCUT2D eigenvalue weighted by atomic mass is 35.5. The monoisotopic (exact) mass is 325 g/mol. The number of halogens is 2. The van der Waals surface area contributed by atoms with Gasteiger partial charge in [-0.3, -0.25) is 0 Å². The molecule has 0 amide bonds. The number of methoxy groups -OCH3 is 2. The molecule has 2 aromatic rings. The molecule has 0 aromatic heterocycles. The minimum absolute atomic E-state index is 0.346. The van der Waals surface area contributed by atoms with Crippen LogP contribution in [-0.2, 0) is 0 Å². The van der Waals surface area contributed by atoms with Crippen molar-refractivity contribution in [3.63, 3.8) is 0 Å². The van der Waals surface area contributed by atoms with E-state index in [1.807, 2.05) is 31.2 Å². The van der Waals surface area contributed by atoms with Crippen molar-refractivity contribution in [1.82, 2.24) is 0 Å². The summed E-state index contributed by atoms with van der Waals surface area (Å²) in [6.45, 7) is 1.98. The zero-order valence-corrected chi connectivity index (χ0v) is 13.6. The van der Waals surface area contributed by atoms with Crippen LogP contribution in [0.5, 0.6) is 11.5 Å². The van der Waals surface area contributed by atoms with Gasteiger partial charge in [0.1, 0.15) is 0 Å². The van der Waals surface area contributed by atoms with Crippen molar-refractivity contribution >= 4 is 23.2 Å². The minimum atomic E-state index is -0.346. The molecule has 0 bridgehead atoms. The van der Waals surface area contributed by atoms with Crippen molar-refractivity contribution in [3.05, 3.63) is 57.1 Å². The van der Waals surface area contributed by atoms with Gasteiger partial charge in [0.05, 0.1) is 20.3 Å². The van der Waals surface area contributed by atoms with Crippen molar-refractivity contribution in [1.29, 1.82) is 0 Å². The van der Waals surface area contributed by atoms with Gasteiger partial charge in [-0.1, -0.05) is 23.2 Å². The molecule has 3 nitrogen and oxygen atoms in total. The second-order valence-electron chi connectivity index (χ2n) is 4.74. The van der Waals surface area contributed by atoms with Gasteiger partial charge >= 0.3 is 0 Å². The lowest BCUT2D eigenvalue weighted by Crippen LogP contribution is -2.13. The average Bonchev–Trinajstić information content (AvgIpc) is 2.45. The van der Waals surface area contributed by atoms with Gasteiger partial charge in [-0.25, -0.2) is 0 Å². The minimum Gasteiger partial charge on any atom is -0.493 e. The number of rotatable bonds is 4. The Morgan fingerprint density at radius 2 is 1.43 bits per heavy atom. The molecule has 0 fully saturated rings. The Kier molecular flexibility index (Phi) is 4.99. The van der Waals surface area contributed by atoms with E-state index >= 15 is 0 Å². The Bertz CT molecular complexity index is 639. The van der Waals surface area contributed by atoms with Gasteiger partial charge in [-0.05, 0) is 53.9 Å². The summed E-state index contributed by atoms with van der Waals surface area (Å²) in [4.78, 5) is 0. The summed E-state index contributed by atoms with van der Waals surface area (Å²) in [5, 5.41) is 1.12. The van der Waals surface area contributed by atoms with Crippen LogP contribution in [0.15, 0.2) is 30.3 Å². The first-order valence-corrected chi connectivity index (χ1v) is 7.16. The molecule has 0 aliphatic carbocycles. The molecule has 0 aliphatic rings. The van der Waals surface area contributed by atoms with Crippen LogP contribution in [0.3, 0.4) is 0 Å². The first kappa shape index (κ1) is 16.0. The van der Waals surface area contributed by atoms with Crippen LogP contribution < -0.4 is 15.2 Å². The van der Waals surface area contributed by atoms with Crippen LogP contribution in [0, 0.1) is 6.92 Å². The highest BCUT2D eigenvalue weighted by Crippen LogP contribution is 2.35. The molecule has 2 rings (SSSR count). The molecule has 0 aliphatic heterocycles. The molecule has 1 unspecified atom stereocenters. The molecule has 2 N–H and O–H groups in total. The van der Waals surface area contributed by atoms with Gasteiger partial charge in [-0.2, -0.15) is 0 Å². The molecule has 21 heavy (non-hydrogen) atoms. The summed E-state index contributed by atoms with van der Waals surface area (Å²) in [6.07, 6.45) is 0. The lowest BCUT2D eigenvalue weighted by molar-refractivity contribution is 0.354. The third kappa shape index (κ3) is 3.43. The lowest BCUT2D eigenvalue weighted by Gasteiger charge is -2.18. The molecule has 0 saturated carbocycles. The zero-order chi connectivity index (χ0) is 15.6. The Morgan fingerprint density at radius 3 is 1.95 bits per heavy atom. The largest absolute Gasteiger partial charge is 0.493 e. The first-order chi connectivity index (χ1) is 9.96. The molecule has 0 saturated heterocycles. The second kappa shape index (κ2) is 6.56. The quantitative estimate of drug-likeness (QED) is 0.907. The summed E-state index contributed by atoms with van der Waals surface area (Å²) in [6, 6.07) is 8.75. The summed E-state index contributed by atoms with van der Waals surface area (Å²) >= 11 is 12.1. The fourth-order valence-electron chi connectivity index (χ4n) is 2.27. The van der Waals surface area contributed by atoms with Crippen molar-refractivity contribution in [2.45, 2.75) is 13.0 Å². The molecular weight excluding hydrogens is 309 g/mol. The average molecular weight is 326 g/mol. The third-order valence-corrected chi connectivity index (χ3v) is 3.79. The van der Waals surface area contributed by atoms with E-state index in [2.05, 4.69) is 0 Å². The number of hydrogen-bond donors (Lipinski definition) is 1. The van der Waals surface area contributed by atoms with E-state index in [0.717, 1.165) is 16.7 Å². The van der Waals surface area contributed by atoms with Crippen LogP contribution >= 0.6 is 23.2 Å². The fourth-order valence-corrected chi connectivity index (χ4v) is 2.81. The van der Waals surface area contributed by atoms with Gasteiger partial charge in [0.2, 0.25) is 0 Å². The summed E-state index contributed by atoms with van der Waals surface area (Å²) in [5.74, 6) is 1.32. The smallest absolute Gasteiger partial charge is 0.161 e. The Morgan fingerprint density at radius 1 is 0.905 bits per heavy atom. The van der Waals surface area contributed by atoms with Gasteiger partial charge in [0, 0.05) is 10.0 Å². The van der Waals surface area contributed by atoms with E-state index in [9.17, 15) is 0 Å². The summed E-state index contributed by atoms with van der Waals surface area (Å²) in [5.41, 5.74) is 9.15.